The van der Waals surface area contributed by atoms with Gasteiger partial charge in [-0.2, -0.15) is 0 Å². The highest BCUT2D eigenvalue weighted by molar-refractivity contribution is 6.10. The molecule has 2 amide bonds. The van der Waals surface area contributed by atoms with Gasteiger partial charge in [-0.3, -0.25) is 14.5 Å². The van der Waals surface area contributed by atoms with E-state index in [9.17, 15) is 9.59 Å². The van der Waals surface area contributed by atoms with Gasteiger partial charge >= 0.3 is 0 Å². The second kappa shape index (κ2) is 5.12. The average Bonchev–Trinajstić information content (AvgIpc) is 3.01. The molecule has 1 aliphatic carbocycles. The maximum Gasteiger partial charge on any atom is 0.240 e. The summed E-state index contributed by atoms with van der Waals surface area (Å²) in [4.78, 5) is 26.5. The number of carbonyl (C=O) groups excluding carboxylic acids is 2. The highest BCUT2D eigenvalue weighted by Crippen LogP contribution is 2.47. The molecule has 1 aliphatic heterocycles. The van der Waals surface area contributed by atoms with Crippen molar-refractivity contribution in [1.82, 2.24) is 4.90 Å². The van der Waals surface area contributed by atoms with Gasteiger partial charge in [0, 0.05) is 18.5 Å². The standard InChI is InChI=1S/C16H19N3O3/c1-2-8-19-13(20)9-16(15(19)21)7-6-10-11(14(17)18-22)4-3-5-12(10)16/h3-5,22H,2,6-9H2,1H3,(H2,17,18). The monoisotopic (exact) mass is 301 g/mol. The number of nitrogens with zero attached hydrogens (tertiary/aromatic N) is 2. The second-order valence-electron chi connectivity index (χ2n) is 5.93. The van der Waals surface area contributed by atoms with Gasteiger partial charge in [-0.1, -0.05) is 30.3 Å². The largest absolute Gasteiger partial charge is 0.409 e. The quantitative estimate of drug-likeness (QED) is 0.288. The van der Waals surface area contributed by atoms with Gasteiger partial charge in [0.1, 0.15) is 0 Å². The van der Waals surface area contributed by atoms with Crippen LogP contribution in [0, 0.1) is 0 Å². The van der Waals surface area contributed by atoms with Crippen molar-refractivity contribution in [3.05, 3.63) is 34.9 Å². The lowest BCUT2D eigenvalue weighted by atomic mass is 9.80. The van der Waals surface area contributed by atoms with Gasteiger partial charge in [0.15, 0.2) is 5.84 Å². The number of imide groups is 1. The van der Waals surface area contributed by atoms with E-state index in [1.54, 1.807) is 12.1 Å². The van der Waals surface area contributed by atoms with Crippen molar-refractivity contribution in [1.29, 1.82) is 0 Å². The Hall–Kier alpha value is -2.37. The molecule has 3 N–H and O–H groups in total. The van der Waals surface area contributed by atoms with Crippen LogP contribution >= 0.6 is 0 Å². The van der Waals surface area contributed by atoms with Crippen LogP contribution in [0.15, 0.2) is 23.4 Å². The lowest BCUT2D eigenvalue weighted by molar-refractivity contribution is -0.139. The Kier molecular flexibility index (Phi) is 3.39. The summed E-state index contributed by atoms with van der Waals surface area (Å²) in [7, 11) is 0. The van der Waals surface area contributed by atoms with Gasteiger partial charge in [-0.25, -0.2) is 0 Å². The van der Waals surface area contributed by atoms with E-state index in [0.29, 0.717) is 24.9 Å². The van der Waals surface area contributed by atoms with Gasteiger partial charge in [0.25, 0.3) is 0 Å². The van der Waals surface area contributed by atoms with Crippen molar-refractivity contribution in [3.8, 4) is 0 Å². The number of carbonyl (C=O) groups is 2. The third-order valence-corrected chi connectivity index (χ3v) is 4.73. The highest BCUT2D eigenvalue weighted by atomic mass is 16.4. The summed E-state index contributed by atoms with van der Waals surface area (Å²) in [5.41, 5.74) is 7.39. The zero-order valence-electron chi connectivity index (χ0n) is 12.5. The molecule has 3 rings (SSSR count). The van der Waals surface area contributed by atoms with E-state index in [1.165, 1.54) is 4.90 Å². The fourth-order valence-electron chi connectivity index (χ4n) is 3.73. The van der Waals surface area contributed by atoms with Crippen molar-refractivity contribution >= 4 is 17.6 Å². The summed E-state index contributed by atoms with van der Waals surface area (Å²) in [6.45, 7) is 2.42. The Labute approximate surface area is 128 Å². The van der Waals surface area contributed by atoms with Crippen LogP contribution in [0.5, 0.6) is 0 Å². The van der Waals surface area contributed by atoms with Crippen LogP contribution < -0.4 is 5.73 Å². The predicted molar refractivity (Wildman–Crippen MR) is 80.6 cm³/mol. The molecule has 0 bridgehead atoms. The summed E-state index contributed by atoms with van der Waals surface area (Å²) in [6.07, 6.45) is 2.23. The molecule has 22 heavy (non-hydrogen) atoms. The lowest BCUT2D eigenvalue weighted by Crippen LogP contribution is -2.37. The summed E-state index contributed by atoms with van der Waals surface area (Å²) in [6, 6.07) is 5.45. The van der Waals surface area contributed by atoms with Crippen LogP contribution in [0.2, 0.25) is 0 Å². The van der Waals surface area contributed by atoms with Crippen molar-refractivity contribution in [2.24, 2.45) is 10.9 Å². The minimum absolute atomic E-state index is 0.0380. The Morgan fingerprint density at radius 3 is 2.91 bits per heavy atom. The number of nitrogens with two attached hydrogens (primary N) is 1. The minimum atomic E-state index is -0.757. The number of oxime groups is 1. The molecule has 116 valence electrons. The van der Waals surface area contributed by atoms with E-state index < -0.39 is 5.41 Å². The summed E-state index contributed by atoms with van der Waals surface area (Å²) >= 11 is 0. The third kappa shape index (κ3) is 1.83. The first kappa shape index (κ1) is 14.6. The average molecular weight is 301 g/mol. The van der Waals surface area contributed by atoms with E-state index in [0.717, 1.165) is 17.5 Å². The minimum Gasteiger partial charge on any atom is -0.409 e. The maximum absolute atomic E-state index is 12.8. The zero-order valence-corrected chi connectivity index (χ0v) is 12.5. The van der Waals surface area contributed by atoms with E-state index in [1.807, 2.05) is 13.0 Å². The highest BCUT2D eigenvalue weighted by Gasteiger charge is 2.55. The van der Waals surface area contributed by atoms with Gasteiger partial charge in [0.05, 0.1) is 5.41 Å². The van der Waals surface area contributed by atoms with Gasteiger partial charge in [-0.15, -0.1) is 0 Å². The molecule has 1 aromatic carbocycles. The van der Waals surface area contributed by atoms with Crippen LogP contribution in [0.1, 0.15) is 42.9 Å². The Balaban J connectivity index is 2.09. The number of likely N-dealkylation sites (tertiary alicyclic amines) is 1. The number of fused-ring (bicyclic) bond motifs is 2. The molecule has 1 spiro atoms. The Morgan fingerprint density at radius 2 is 2.23 bits per heavy atom. The van der Waals surface area contributed by atoms with E-state index >= 15 is 0 Å². The molecular formula is C16H19N3O3. The Bertz CT molecular complexity index is 683. The topological polar surface area (TPSA) is 96.0 Å². The number of hydrogen-bond acceptors (Lipinski definition) is 4. The number of amidine groups is 1. The molecular weight excluding hydrogens is 282 g/mol. The first-order valence-electron chi connectivity index (χ1n) is 7.50. The van der Waals surface area contributed by atoms with E-state index in [-0.39, 0.29) is 24.1 Å². The van der Waals surface area contributed by atoms with E-state index in [4.69, 9.17) is 10.9 Å². The van der Waals surface area contributed by atoms with Crippen molar-refractivity contribution in [2.45, 2.75) is 38.0 Å². The summed E-state index contributed by atoms with van der Waals surface area (Å²) in [5.74, 6) is -0.167. The molecule has 1 atom stereocenters. The molecule has 0 radical (unpaired) electrons. The summed E-state index contributed by atoms with van der Waals surface area (Å²) < 4.78 is 0. The normalized spacial score (nSPS) is 24.4. The Morgan fingerprint density at radius 1 is 1.45 bits per heavy atom. The molecule has 6 heteroatoms. The molecule has 1 aromatic rings. The SMILES string of the molecule is CCCN1C(=O)CC2(CCc3c(/C(N)=N/O)cccc32)C1=O. The lowest BCUT2D eigenvalue weighted by Gasteiger charge is -2.23. The van der Waals surface area contributed by atoms with Gasteiger partial charge in [0.2, 0.25) is 11.8 Å². The third-order valence-electron chi connectivity index (χ3n) is 4.73. The number of benzene rings is 1. The number of amides is 2. The number of hydrogen-bond donors (Lipinski definition) is 2. The van der Waals surface area contributed by atoms with Crippen LogP contribution in [-0.4, -0.2) is 34.3 Å². The fraction of sp³-hybridized carbons (Fsp3) is 0.438. The molecule has 0 saturated carbocycles. The molecule has 1 saturated heterocycles. The van der Waals surface area contributed by atoms with E-state index in [2.05, 4.69) is 5.16 Å². The zero-order chi connectivity index (χ0) is 15.9. The van der Waals surface area contributed by atoms with Crippen LogP contribution in [-0.2, 0) is 21.4 Å². The first-order chi connectivity index (χ1) is 10.5. The molecule has 0 aromatic heterocycles. The first-order valence-corrected chi connectivity index (χ1v) is 7.50. The molecule has 1 unspecified atom stereocenters. The van der Waals surface area contributed by atoms with Crippen molar-refractivity contribution < 1.29 is 14.8 Å². The predicted octanol–water partition coefficient (Wildman–Crippen LogP) is 1.13. The number of rotatable bonds is 3. The van der Waals surface area contributed by atoms with Crippen molar-refractivity contribution in [2.75, 3.05) is 6.54 Å². The van der Waals surface area contributed by atoms with Crippen LogP contribution in [0.3, 0.4) is 0 Å². The fourth-order valence-corrected chi connectivity index (χ4v) is 3.73. The maximum atomic E-state index is 12.8. The molecule has 1 fully saturated rings. The van der Waals surface area contributed by atoms with Crippen molar-refractivity contribution in [3.63, 3.8) is 0 Å². The van der Waals surface area contributed by atoms with Gasteiger partial charge < -0.3 is 10.9 Å². The van der Waals surface area contributed by atoms with Crippen LogP contribution in [0.4, 0.5) is 0 Å². The molecule has 6 nitrogen and oxygen atoms in total. The molecule has 1 heterocycles. The second-order valence-corrected chi connectivity index (χ2v) is 5.93. The summed E-state index contributed by atoms with van der Waals surface area (Å²) in [5, 5.41) is 12.0. The molecule has 2 aliphatic rings. The van der Waals surface area contributed by atoms with Gasteiger partial charge in [-0.05, 0) is 30.4 Å². The van der Waals surface area contributed by atoms with Crippen LogP contribution in [0.25, 0.3) is 0 Å². The smallest absolute Gasteiger partial charge is 0.240 e.